The van der Waals surface area contributed by atoms with Crippen LogP contribution in [0.3, 0.4) is 0 Å². The maximum Gasteiger partial charge on any atom is 0.331 e. The van der Waals surface area contributed by atoms with E-state index in [1.54, 1.807) is 23.5 Å². The summed E-state index contributed by atoms with van der Waals surface area (Å²) in [6.07, 6.45) is 3.90. The van der Waals surface area contributed by atoms with Crippen molar-refractivity contribution in [2.24, 2.45) is 0 Å². The number of ether oxygens (including phenoxy) is 3. The van der Waals surface area contributed by atoms with Crippen molar-refractivity contribution in [1.82, 2.24) is 5.16 Å². The molecular weight excluding hydrogens is 366 g/mol. The lowest BCUT2D eigenvalue weighted by Crippen LogP contribution is -2.00. The molecule has 0 saturated heterocycles. The van der Waals surface area contributed by atoms with Crippen molar-refractivity contribution in [3.63, 3.8) is 0 Å². The Labute approximate surface area is 160 Å². The van der Waals surface area contributed by atoms with Gasteiger partial charge in [0.25, 0.3) is 0 Å². The molecule has 1 aromatic carbocycles. The summed E-state index contributed by atoms with van der Waals surface area (Å²) in [6, 6.07) is 11.2. The van der Waals surface area contributed by atoms with Gasteiger partial charge in [0, 0.05) is 18.6 Å². The van der Waals surface area contributed by atoms with Crippen LogP contribution in [0.1, 0.15) is 17.7 Å². The van der Waals surface area contributed by atoms with Gasteiger partial charge in [0.15, 0.2) is 17.3 Å². The van der Waals surface area contributed by atoms with Gasteiger partial charge >= 0.3 is 5.97 Å². The van der Waals surface area contributed by atoms with Gasteiger partial charge in [0.2, 0.25) is 0 Å². The number of hydrogen-bond acceptors (Lipinski definition) is 7. The molecule has 0 atom stereocenters. The standard InChI is InChI=1S/C20H17NO5S/c22-20(25-13-15-12-18(26-21-15)19-3-1-10-27-19)7-5-14-4-6-16-17(11-14)24-9-2-8-23-16/h1,3-7,10-12H,2,8-9,13H2/b7-5+. The molecule has 0 saturated carbocycles. The lowest BCUT2D eigenvalue weighted by Gasteiger charge is -2.07. The Bertz CT molecular complexity index is 945. The number of benzene rings is 1. The van der Waals surface area contributed by atoms with Crippen LogP contribution in [-0.4, -0.2) is 24.3 Å². The molecule has 2 aromatic heterocycles. The Balaban J connectivity index is 1.33. The number of esters is 1. The molecule has 0 fully saturated rings. The number of hydrogen-bond donors (Lipinski definition) is 0. The summed E-state index contributed by atoms with van der Waals surface area (Å²) in [5.74, 6) is 1.62. The number of nitrogens with zero attached hydrogens (tertiary/aromatic N) is 1. The van der Waals surface area contributed by atoms with Gasteiger partial charge in [-0.25, -0.2) is 4.79 Å². The molecule has 0 bridgehead atoms. The third-order valence-corrected chi connectivity index (χ3v) is 4.75. The SMILES string of the molecule is O=C(/C=C/c1ccc2c(c1)OCCCO2)OCc1cc(-c2cccs2)on1. The van der Waals surface area contributed by atoms with E-state index in [0.717, 1.165) is 22.6 Å². The first-order chi connectivity index (χ1) is 13.3. The smallest absolute Gasteiger partial charge is 0.331 e. The Morgan fingerprint density at radius 1 is 1.19 bits per heavy atom. The third-order valence-electron chi connectivity index (χ3n) is 3.87. The Morgan fingerprint density at radius 3 is 2.93 bits per heavy atom. The quantitative estimate of drug-likeness (QED) is 0.483. The minimum atomic E-state index is -0.456. The first kappa shape index (κ1) is 17.4. The fourth-order valence-corrected chi connectivity index (χ4v) is 3.23. The highest BCUT2D eigenvalue weighted by molar-refractivity contribution is 7.13. The molecule has 0 unspecified atom stereocenters. The van der Waals surface area contributed by atoms with Crippen LogP contribution in [0, 0.1) is 0 Å². The van der Waals surface area contributed by atoms with E-state index in [1.165, 1.54) is 6.08 Å². The first-order valence-electron chi connectivity index (χ1n) is 8.52. The van der Waals surface area contributed by atoms with Crippen LogP contribution in [0.4, 0.5) is 0 Å². The van der Waals surface area contributed by atoms with Crippen molar-refractivity contribution in [1.29, 1.82) is 0 Å². The minimum Gasteiger partial charge on any atom is -0.490 e. The van der Waals surface area contributed by atoms with Gasteiger partial charge in [-0.15, -0.1) is 11.3 Å². The van der Waals surface area contributed by atoms with E-state index >= 15 is 0 Å². The molecule has 0 aliphatic carbocycles. The molecule has 3 aromatic rings. The lowest BCUT2D eigenvalue weighted by molar-refractivity contribution is -0.139. The Hall–Kier alpha value is -3.06. The van der Waals surface area contributed by atoms with E-state index in [-0.39, 0.29) is 6.61 Å². The van der Waals surface area contributed by atoms with E-state index < -0.39 is 5.97 Å². The van der Waals surface area contributed by atoms with Crippen LogP contribution in [0.25, 0.3) is 16.7 Å². The highest BCUT2D eigenvalue weighted by Gasteiger charge is 2.11. The van der Waals surface area contributed by atoms with E-state index in [1.807, 2.05) is 35.7 Å². The number of aromatic nitrogens is 1. The molecule has 1 aliphatic heterocycles. The van der Waals surface area contributed by atoms with Gasteiger partial charge in [-0.2, -0.15) is 0 Å². The maximum atomic E-state index is 11.9. The first-order valence-corrected chi connectivity index (χ1v) is 9.40. The van der Waals surface area contributed by atoms with Crippen molar-refractivity contribution in [3.05, 3.63) is 59.1 Å². The van der Waals surface area contributed by atoms with Gasteiger partial charge in [-0.1, -0.05) is 17.3 Å². The zero-order valence-corrected chi connectivity index (χ0v) is 15.2. The second-order valence-electron chi connectivity index (χ2n) is 5.86. The average molecular weight is 383 g/mol. The second-order valence-corrected chi connectivity index (χ2v) is 6.81. The van der Waals surface area contributed by atoms with Gasteiger partial charge in [-0.05, 0) is 35.2 Å². The number of thiophene rings is 1. The molecule has 27 heavy (non-hydrogen) atoms. The Kier molecular flexibility index (Phi) is 5.20. The number of rotatable bonds is 5. The van der Waals surface area contributed by atoms with Crippen LogP contribution in [-0.2, 0) is 16.1 Å². The zero-order chi connectivity index (χ0) is 18.5. The van der Waals surface area contributed by atoms with E-state index in [0.29, 0.717) is 30.4 Å². The molecule has 138 valence electrons. The summed E-state index contributed by atoms with van der Waals surface area (Å²) < 4.78 is 21.7. The van der Waals surface area contributed by atoms with Crippen molar-refractivity contribution >= 4 is 23.4 Å². The molecule has 7 heteroatoms. The molecule has 0 amide bonds. The van der Waals surface area contributed by atoms with Gasteiger partial charge in [0.1, 0.15) is 12.3 Å². The molecule has 6 nitrogen and oxygen atoms in total. The summed E-state index contributed by atoms with van der Waals surface area (Å²) >= 11 is 1.56. The lowest BCUT2D eigenvalue weighted by atomic mass is 10.2. The monoisotopic (exact) mass is 383 g/mol. The largest absolute Gasteiger partial charge is 0.490 e. The molecule has 3 heterocycles. The van der Waals surface area contributed by atoms with Crippen LogP contribution in [0.15, 0.2) is 52.4 Å². The minimum absolute atomic E-state index is 0.0547. The topological polar surface area (TPSA) is 70.8 Å². The number of carbonyl (C=O) groups excluding carboxylic acids is 1. The second kappa shape index (κ2) is 8.09. The number of fused-ring (bicyclic) bond motifs is 1. The molecule has 0 N–H and O–H groups in total. The molecular formula is C20H17NO5S. The van der Waals surface area contributed by atoms with E-state index in [2.05, 4.69) is 5.16 Å². The zero-order valence-electron chi connectivity index (χ0n) is 14.4. The fraction of sp³-hybridized carbons (Fsp3) is 0.200. The van der Waals surface area contributed by atoms with E-state index in [9.17, 15) is 4.79 Å². The predicted molar refractivity (Wildman–Crippen MR) is 101 cm³/mol. The van der Waals surface area contributed by atoms with Crippen LogP contribution in [0.5, 0.6) is 11.5 Å². The van der Waals surface area contributed by atoms with Gasteiger partial charge in [0.05, 0.1) is 18.1 Å². The predicted octanol–water partition coefficient (Wildman–Crippen LogP) is 4.32. The van der Waals surface area contributed by atoms with Crippen LogP contribution < -0.4 is 9.47 Å². The van der Waals surface area contributed by atoms with Crippen molar-refractivity contribution in [2.75, 3.05) is 13.2 Å². The Morgan fingerprint density at radius 2 is 2.07 bits per heavy atom. The summed E-state index contributed by atoms with van der Waals surface area (Å²) in [5, 5.41) is 5.88. The van der Waals surface area contributed by atoms with E-state index in [4.69, 9.17) is 18.7 Å². The highest BCUT2D eigenvalue weighted by atomic mass is 32.1. The van der Waals surface area contributed by atoms with Gasteiger partial charge in [-0.3, -0.25) is 0 Å². The average Bonchev–Trinajstić information content (AvgIpc) is 3.32. The highest BCUT2D eigenvalue weighted by Crippen LogP contribution is 2.30. The summed E-state index contributed by atoms with van der Waals surface area (Å²) in [6.45, 7) is 1.32. The van der Waals surface area contributed by atoms with Crippen LogP contribution in [0.2, 0.25) is 0 Å². The molecule has 0 spiro atoms. The number of carbonyl (C=O) groups is 1. The maximum absolute atomic E-state index is 11.9. The van der Waals surface area contributed by atoms with Crippen molar-refractivity contribution < 1.29 is 23.5 Å². The summed E-state index contributed by atoms with van der Waals surface area (Å²) in [4.78, 5) is 12.9. The molecule has 4 rings (SSSR count). The fourth-order valence-electron chi connectivity index (χ4n) is 2.56. The third kappa shape index (κ3) is 4.38. The van der Waals surface area contributed by atoms with Crippen LogP contribution >= 0.6 is 11.3 Å². The molecule has 0 radical (unpaired) electrons. The molecule has 1 aliphatic rings. The van der Waals surface area contributed by atoms with Gasteiger partial charge < -0.3 is 18.7 Å². The van der Waals surface area contributed by atoms with Crippen molar-refractivity contribution in [3.8, 4) is 22.1 Å². The normalized spacial score (nSPS) is 13.5. The van der Waals surface area contributed by atoms with Crippen molar-refractivity contribution in [2.45, 2.75) is 13.0 Å². The summed E-state index contributed by atoms with van der Waals surface area (Å²) in [5.41, 5.74) is 1.40. The summed E-state index contributed by atoms with van der Waals surface area (Å²) in [7, 11) is 0.